The fourth-order valence-corrected chi connectivity index (χ4v) is 6.08. The number of carbonyl (C=O) groups is 1. The van der Waals surface area contributed by atoms with Crippen molar-refractivity contribution in [3.63, 3.8) is 0 Å². The molecule has 1 aromatic rings. The van der Waals surface area contributed by atoms with E-state index in [2.05, 4.69) is 25.7 Å². The van der Waals surface area contributed by atoms with Crippen LogP contribution in [0.2, 0.25) is 0 Å². The molecule has 0 bridgehead atoms. The molecule has 4 aliphatic heterocycles. The summed E-state index contributed by atoms with van der Waals surface area (Å²) in [5, 5.41) is 19.8. The van der Waals surface area contributed by atoms with Crippen molar-refractivity contribution < 1.29 is 18.3 Å². The number of nitrogens with two attached hydrogens (primary N) is 1. The molecule has 0 radical (unpaired) electrons. The summed E-state index contributed by atoms with van der Waals surface area (Å²) in [5.41, 5.74) is 8.22. The second kappa shape index (κ2) is 10.1. The van der Waals surface area contributed by atoms with Crippen LogP contribution < -0.4 is 26.4 Å². The summed E-state index contributed by atoms with van der Waals surface area (Å²) in [7, 11) is -3.59. The van der Waals surface area contributed by atoms with Gasteiger partial charge in [0.25, 0.3) is 0 Å². The topological polar surface area (TPSA) is 164 Å². The van der Waals surface area contributed by atoms with E-state index in [0.717, 1.165) is 42.8 Å². The Balaban J connectivity index is 1.24. The quantitative estimate of drug-likeness (QED) is 0.253. The van der Waals surface area contributed by atoms with Crippen molar-refractivity contribution in [2.24, 2.45) is 10.7 Å². The molecule has 2 atom stereocenters. The van der Waals surface area contributed by atoms with Gasteiger partial charge in [-0.2, -0.15) is 0 Å². The molecule has 0 spiro atoms. The van der Waals surface area contributed by atoms with E-state index in [9.17, 15) is 18.3 Å². The summed E-state index contributed by atoms with van der Waals surface area (Å²) < 4.78 is 28.3. The Morgan fingerprint density at radius 2 is 1.92 bits per heavy atom. The van der Waals surface area contributed by atoms with Crippen molar-refractivity contribution in [3.05, 3.63) is 47.7 Å². The number of nitrogens with zero attached hydrogens (tertiary/aromatic N) is 3. The lowest BCUT2D eigenvalue weighted by atomic mass is 10.1. The van der Waals surface area contributed by atoms with Gasteiger partial charge in [0.1, 0.15) is 6.17 Å². The van der Waals surface area contributed by atoms with Crippen LogP contribution in [-0.2, 0) is 10.0 Å². The summed E-state index contributed by atoms with van der Waals surface area (Å²) in [6, 6.07) is 6.30. The van der Waals surface area contributed by atoms with Crippen molar-refractivity contribution in [2.45, 2.75) is 36.0 Å². The molecule has 1 aromatic carbocycles. The number of benzene rings is 1. The molecule has 194 valence electrons. The molecule has 13 heteroatoms. The number of rotatable bonds is 8. The van der Waals surface area contributed by atoms with E-state index in [1.54, 1.807) is 35.4 Å². The van der Waals surface area contributed by atoms with Gasteiger partial charge in [0.05, 0.1) is 24.1 Å². The van der Waals surface area contributed by atoms with Gasteiger partial charge in [-0.05, 0) is 49.7 Å². The predicted octanol–water partition coefficient (Wildman–Crippen LogP) is -1.11. The maximum absolute atomic E-state index is 12.8. The lowest BCUT2D eigenvalue weighted by Gasteiger charge is -2.31. The van der Waals surface area contributed by atoms with Crippen molar-refractivity contribution in [3.8, 4) is 0 Å². The minimum atomic E-state index is -3.59. The first kappa shape index (κ1) is 24.6. The van der Waals surface area contributed by atoms with Gasteiger partial charge in [-0.1, -0.05) is 12.1 Å². The molecular weight excluding hydrogens is 484 g/mol. The van der Waals surface area contributed by atoms with E-state index in [0.29, 0.717) is 25.6 Å². The number of hydrogen-bond acceptors (Lipinski definition) is 9. The van der Waals surface area contributed by atoms with Gasteiger partial charge in [-0.15, -0.1) is 0 Å². The molecule has 0 saturated carbocycles. The molecule has 1 fully saturated rings. The first-order valence-corrected chi connectivity index (χ1v) is 13.6. The molecule has 36 heavy (non-hydrogen) atoms. The number of hydrogen-bond donors (Lipinski definition) is 6. The molecule has 12 nitrogen and oxygen atoms in total. The molecular formula is C23H32N8O4S. The van der Waals surface area contributed by atoms with Gasteiger partial charge in [0.2, 0.25) is 10.0 Å². The van der Waals surface area contributed by atoms with Gasteiger partial charge in [0, 0.05) is 36.6 Å². The van der Waals surface area contributed by atoms with Crippen molar-refractivity contribution >= 4 is 27.7 Å². The second-order valence-electron chi connectivity index (χ2n) is 9.38. The Morgan fingerprint density at radius 1 is 1.17 bits per heavy atom. The number of piperidine rings is 1. The molecule has 0 aliphatic carbocycles. The van der Waals surface area contributed by atoms with E-state index in [1.807, 2.05) is 6.08 Å². The summed E-state index contributed by atoms with van der Waals surface area (Å²) in [4.78, 5) is 20.2. The van der Waals surface area contributed by atoms with Crippen molar-refractivity contribution in [1.82, 2.24) is 30.5 Å². The number of aliphatic hydroxyl groups is 1. The third kappa shape index (κ3) is 5.33. The number of urea groups is 1. The number of amides is 2. The highest BCUT2D eigenvalue weighted by Gasteiger charge is 2.32. The van der Waals surface area contributed by atoms with Crippen molar-refractivity contribution in [1.29, 1.82) is 0 Å². The number of nitrogens with one attached hydrogen (secondary N) is 4. The van der Waals surface area contributed by atoms with Crippen LogP contribution >= 0.6 is 0 Å². The molecule has 2 unspecified atom stereocenters. The average molecular weight is 517 g/mol. The van der Waals surface area contributed by atoms with Crippen LogP contribution in [0, 0.1) is 0 Å². The van der Waals surface area contributed by atoms with Gasteiger partial charge < -0.3 is 31.7 Å². The third-order valence-electron chi connectivity index (χ3n) is 6.72. The van der Waals surface area contributed by atoms with Crippen LogP contribution in [0.15, 0.2) is 52.0 Å². The Morgan fingerprint density at radius 3 is 2.61 bits per heavy atom. The van der Waals surface area contributed by atoms with Gasteiger partial charge in [-0.25, -0.2) is 17.9 Å². The van der Waals surface area contributed by atoms with Gasteiger partial charge in [0.15, 0.2) is 5.96 Å². The summed E-state index contributed by atoms with van der Waals surface area (Å²) >= 11 is 0. The van der Waals surface area contributed by atoms with E-state index in [-0.39, 0.29) is 23.5 Å². The number of aliphatic imine (C=N–C) groups is 1. The van der Waals surface area contributed by atoms with Crippen LogP contribution in [0.1, 0.15) is 18.4 Å². The zero-order valence-electron chi connectivity index (χ0n) is 19.9. The largest absolute Gasteiger partial charge is 0.389 e. The normalized spacial score (nSPS) is 23.4. The first-order valence-electron chi connectivity index (χ1n) is 12.1. The number of aliphatic hydroxyl groups excluding tert-OH is 1. The molecule has 5 rings (SSSR count). The standard InChI is InChI=1S/C23H32N8O4S/c24-22-26-9-10-30(22)13-18(32)14-31-12-16-11-20(27-21(16)28-23(31)33)15-1-3-19(4-2-15)36(34,35)29-17-5-7-25-8-6-17/h1-4,11-12,17-18,21,25,27,29,32H,5-10,13-14H2,(H2,24,26)(H,28,33). The van der Waals surface area contributed by atoms with Crippen LogP contribution in [0.3, 0.4) is 0 Å². The monoisotopic (exact) mass is 516 g/mol. The summed E-state index contributed by atoms with van der Waals surface area (Å²) in [5.74, 6) is 0.406. The van der Waals surface area contributed by atoms with Crippen LogP contribution in [0.5, 0.6) is 0 Å². The highest BCUT2D eigenvalue weighted by Crippen LogP contribution is 2.26. The highest BCUT2D eigenvalue weighted by molar-refractivity contribution is 7.89. The van der Waals surface area contributed by atoms with Crippen molar-refractivity contribution in [2.75, 3.05) is 39.3 Å². The fraction of sp³-hybridized carbons (Fsp3) is 0.478. The third-order valence-corrected chi connectivity index (χ3v) is 8.26. The minimum Gasteiger partial charge on any atom is -0.389 e. The van der Waals surface area contributed by atoms with E-state index < -0.39 is 22.3 Å². The SMILES string of the molecule is NC1=NCCN1CC(O)CN1C=C2C=C(c3ccc(S(=O)(=O)NC4CCNCC4)cc3)NC2NC1=O. The zero-order valence-corrected chi connectivity index (χ0v) is 20.7. The lowest BCUT2D eigenvalue weighted by molar-refractivity contribution is 0.114. The Hall–Kier alpha value is -3.13. The molecule has 4 aliphatic rings. The number of sulfonamides is 1. The maximum Gasteiger partial charge on any atom is 0.323 e. The lowest BCUT2D eigenvalue weighted by Crippen LogP contribution is -2.53. The highest BCUT2D eigenvalue weighted by atomic mass is 32.2. The average Bonchev–Trinajstić information content (AvgIpc) is 3.45. The van der Waals surface area contributed by atoms with E-state index >= 15 is 0 Å². The fourth-order valence-electron chi connectivity index (χ4n) is 4.77. The zero-order chi connectivity index (χ0) is 25.3. The molecule has 7 N–H and O–H groups in total. The van der Waals surface area contributed by atoms with Crippen LogP contribution in [0.4, 0.5) is 4.79 Å². The predicted molar refractivity (Wildman–Crippen MR) is 135 cm³/mol. The number of carbonyl (C=O) groups excluding carboxylic acids is 1. The van der Waals surface area contributed by atoms with E-state index in [1.165, 1.54) is 4.90 Å². The van der Waals surface area contributed by atoms with E-state index in [4.69, 9.17) is 5.73 Å². The van der Waals surface area contributed by atoms with Gasteiger partial charge in [-0.3, -0.25) is 9.89 Å². The first-order chi connectivity index (χ1) is 17.3. The summed E-state index contributed by atoms with van der Waals surface area (Å²) in [6.45, 7) is 3.28. The Bertz CT molecular complexity index is 1190. The molecule has 1 saturated heterocycles. The molecule has 0 aromatic heterocycles. The number of guanidine groups is 1. The Labute approximate surface area is 210 Å². The van der Waals surface area contributed by atoms with Crippen LogP contribution in [-0.4, -0.2) is 92.9 Å². The smallest absolute Gasteiger partial charge is 0.323 e. The molecule has 2 amide bonds. The minimum absolute atomic E-state index is 0.0592. The van der Waals surface area contributed by atoms with Crippen LogP contribution in [0.25, 0.3) is 5.70 Å². The number of β-amino-alcohol motifs (C(OH)–C–C–N with tert-alkyl or cyclic N) is 1. The number of fused-ring (bicyclic) bond motifs is 1. The summed E-state index contributed by atoms with van der Waals surface area (Å²) in [6.07, 6.45) is 3.98. The second-order valence-corrected chi connectivity index (χ2v) is 11.1. The Kier molecular flexibility index (Phi) is 6.88. The molecule has 4 heterocycles. The maximum atomic E-state index is 12.8. The van der Waals surface area contributed by atoms with Gasteiger partial charge >= 0.3 is 6.03 Å².